The molecule has 1 aliphatic heterocycles. The van der Waals surface area contributed by atoms with E-state index in [1.165, 1.54) is 25.7 Å². The number of carbonyl (C=O) groups excluding carboxylic acids is 1. The van der Waals surface area contributed by atoms with Gasteiger partial charge in [-0.1, -0.05) is 25.0 Å². The van der Waals surface area contributed by atoms with E-state index in [9.17, 15) is 10.1 Å². The molecule has 1 heterocycles. The number of benzene rings is 1. The molecule has 0 atom stereocenters. The molecule has 0 unspecified atom stereocenters. The Balaban J connectivity index is 1.24. The summed E-state index contributed by atoms with van der Waals surface area (Å²) in [6, 6.07) is 11.1. The average Bonchev–Trinajstić information content (AvgIpc) is 3.29. The van der Waals surface area contributed by atoms with Gasteiger partial charge in [0.2, 0.25) is 5.91 Å². The Morgan fingerprint density at radius 1 is 0.964 bits per heavy atom. The number of nitrogens with zero attached hydrogens (tertiary/aromatic N) is 3. The van der Waals surface area contributed by atoms with Crippen LogP contribution in [0.4, 0.5) is 5.69 Å². The number of nitriles is 1. The fourth-order valence-electron chi connectivity index (χ4n) is 5.25. The lowest BCUT2D eigenvalue weighted by Crippen LogP contribution is -2.53. The Morgan fingerprint density at radius 2 is 1.64 bits per heavy atom. The predicted molar refractivity (Wildman–Crippen MR) is 111 cm³/mol. The lowest BCUT2D eigenvalue weighted by molar-refractivity contribution is -0.138. The maximum Gasteiger partial charge on any atom is 0.225 e. The van der Waals surface area contributed by atoms with E-state index in [0.717, 1.165) is 63.6 Å². The first-order valence-corrected chi connectivity index (χ1v) is 11.0. The number of nitrogens with one attached hydrogen (secondary N) is 1. The highest BCUT2D eigenvalue weighted by atomic mass is 16.2. The number of carbonyl (C=O) groups is 1. The van der Waals surface area contributed by atoms with E-state index in [4.69, 9.17) is 0 Å². The van der Waals surface area contributed by atoms with Gasteiger partial charge in [-0.05, 0) is 50.7 Å². The van der Waals surface area contributed by atoms with E-state index in [2.05, 4.69) is 21.2 Å². The first-order valence-electron chi connectivity index (χ1n) is 11.0. The van der Waals surface area contributed by atoms with E-state index in [0.29, 0.717) is 17.5 Å². The molecule has 28 heavy (non-hydrogen) atoms. The zero-order chi connectivity index (χ0) is 19.3. The van der Waals surface area contributed by atoms with Gasteiger partial charge in [-0.2, -0.15) is 5.26 Å². The number of rotatable bonds is 4. The molecule has 1 aromatic rings. The third kappa shape index (κ3) is 4.33. The molecule has 0 spiro atoms. The molecule has 0 radical (unpaired) electrons. The predicted octanol–water partition coefficient (Wildman–Crippen LogP) is 3.62. The molecule has 2 aliphatic carbocycles. The zero-order valence-corrected chi connectivity index (χ0v) is 16.8. The van der Waals surface area contributed by atoms with Gasteiger partial charge in [0, 0.05) is 44.2 Å². The van der Waals surface area contributed by atoms with Crippen molar-refractivity contribution in [2.45, 2.75) is 63.5 Å². The Labute approximate surface area is 168 Å². The number of amides is 1. The van der Waals surface area contributed by atoms with Gasteiger partial charge >= 0.3 is 0 Å². The van der Waals surface area contributed by atoms with E-state index >= 15 is 0 Å². The number of para-hydroxylation sites is 1. The van der Waals surface area contributed by atoms with Crippen molar-refractivity contribution in [3.8, 4) is 6.07 Å². The minimum absolute atomic E-state index is 0.183. The van der Waals surface area contributed by atoms with Gasteiger partial charge in [-0.3, -0.25) is 9.69 Å². The van der Waals surface area contributed by atoms with E-state index in [1.807, 2.05) is 24.3 Å². The molecule has 5 nitrogen and oxygen atoms in total. The fourth-order valence-corrected chi connectivity index (χ4v) is 5.25. The summed E-state index contributed by atoms with van der Waals surface area (Å²) in [5.41, 5.74) is 1.61. The van der Waals surface area contributed by atoms with E-state index in [-0.39, 0.29) is 5.92 Å². The molecule has 1 saturated heterocycles. The molecule has 0 bridgehead atoms. The summed E-state index contributed by atoms with van der Waals surface area (Å²) in [5.74, 6) is 0.559. The third-order valence-corrected chi connectivity index (χ3v) is 6.95. The summed E-state index contributed by atoms with van der Waals surface area (Å²) >= 11 is 0. The fraction of sp³-hybridized carbons (Fsp3) is 0.652. The second kappa shape index (κ2) is 8.96. The largest absolute Gasteiger partial charge is 0.381 e. The minimum Gasteiger partial charge on any atom is -0.381 e. The molecule has 2 saturated carbocycles. The molecule has 4 rings (SSSR count). The number of piperazine rings is 1. The van der Waals surface area contributed by atoms with Crippen LogP contribution in [0.2, 0.25) is 0 Å². The SMILES string of the molecule is N#Cc1ccccc1NC1CCC(C(=O)N2CCN(C3CCCC3)CC2)CC1. The molecule has 0 aromatic heterocycles. The number of hydrogen-bond acceptors (Lipinski definition) is 4. The lowest BCUT2D eigenvalue weighted by Gasteiger charge is -2.40. The van der Waals surface area contributed by atoms with Crippen LogP contribution >= 0.6 is 0 Å². The van der Waals surface area contributed by atoms with Gasteiger partial charge in [-0.15, -0.1) is 0 Å². The van der Waals surface area contributed by atoms with Crippen LogP contribution in [0.5, 0.6) is 0 Å². The van der Waals surface area contributed by atoms with Crippen LogP contribution in [0.15, 0.2) is 24.3 Å². The van der Waals surface area contributed by atoms with Crippen molar-refractivity contribution in [1.29, 1.82) is 5.26 Å². The van der Waals surface area contributed by atoms with Crippen LogP contribution in [0.25, 0.3) is 0 Å². The van der Waals surface area contributed by atoms with E-state index in [1.54, 1.807) is 0 Å². The molecule has 3 fully saturated rings. The first-order chi connectivity index (χ1) is 13.7. The first kappa shape index (κ1) is 19.3. The molecular formula is C23H32N4O. The average molecular weight is 381 g/mol. The van der Waals surface area contributed by atoms with E-state index < -0.39 is 0 Å². The normalized spacial score (nSPS) is 26.8. The summed E-state index contributed by atoms with van der Waals surface area (Å²) in [4.78, 5) is 17.7. The summed E-state index contributed by atoms with van der Waals surface area (Å²) in [5, 5.41) is 12.8. The van der Waals surface area contributed by atoms with Crippen molar-refractivity contribution in [2.24, 2.45) is 5.92 Å². The van der Waals surface area contributed by atoms with Gasteiger partial charge in [-0.25, -0.2) is 0 Å². The van der Waals surface area contributed by atoms with Crippen LogP contribution in [0.1, 0.15) is 56.9 Å². The van der Waals surface area contributed by atoms with Gasteiger partial charge < -0.3 is 10.2 Å². The Bertz CT molecular complexity index is 706. The Kier molecular flexibility index (Phi) is 6.17. The molecule has 1 amide bonds. The maximum absolute atomic E-state index is 13.0. The van der Waals surface area contributed by atoms with Crippen LogP contribution in [-0.2, 0) is 4.79 Å². The van der Waals surface area contributed by atoms with Crippen molar-refractivity contribution < 1.29 is 4.79 Å². The summed E-state index contributed by atoms with van der Waals surface area (Å²) < 4.78 is 0. The van der Waals surface area contributed by atoms with Crippen molar-refractivity contribution >= 4 is 11.6 Å². The molecule has 3 aliphatic rings. The minimum atomic E-state index is 0.183. The Morgan fingerprint density at radius 3 is 2.32 bits per heavy atom. The molecular weight excluding hydrogens is 348 g/mol. The van der Waals surface area contributed by atoms with Crippen LogP contribution in [0, 0.1) is 17.2 Å². The van der Waals surface area contributed by atoms with Crippen LogP contribution in [0.3, 0.4) is 0 Å². The second-order valence-electron chi connectivity index (χ2n) is 8.65. The Hall–Kier alpha value is -2.06. The quantitative estimate of drug-likeness (QED) is 0.867. The summed E-state index contributed by atoms with van der Waals surface area (Å²) in [6.45, 7) is 3.92. The van der Waals surface area contributed by atoms with Crippen molar-refractivity contribution in [3.63, 3.8) is 0 Å². The standard InChI is InChI=1S/C23H32N4O/c24-17-19-5-1-4-8-22(19)25-20-11-9-18(10-12-20)23(28)27-15-13-26(14-16-27)21-6-2-3-7-21/h1,4-5,8,18,20-21,25H,2-3,6-7,9-16H2. The highest BCUT2D eigenvalue weighted by Gasteiger charge is 2.33. The number of hydrogen-bond donors (Lipinski definition) is 1. The highest BCUT2D eigenvalue weighted by molar-refractivity contribution is 5.79. The maximum atomic E-state index is 13.0. The van der Waals surface area contributed by atoms with Crippen molar-refractivity contribution in [3.05, 3.63) is 29.8 Å². The second-order valence-corrected chi connectivity index (χ2v) is 8.65. The van der Waals surface area contributed by atoms with Crippen LogP contribution < -0.4 is 5.32 Å². The summed E-state index contributed by atoms with van der Waals surface area (Å²) in [7, 11) is 0. The van der Waals surface area contributed by atoms with Crippen molar-refractivity contribution in [2.75, 3.05) is 31.5 Å². The number of anilines is 1. The molecule has 5 heteroatoms. The van der Waals surface area contributed by atoms with Crippen molar-refractivity contribution in [1.82, 2.24) is 9.80 Å². The molecule has 1 aromatic carbocycles. The van der Waals surface area contributed by atoms with Gasteiger partial charge in [0.25, 0.3) is 0 Å². The topological polar surface area (TPSA) is 59.4 Å². The highest BCUT2D eigenvalue weighted by Crippen LogP contribution is 2.30. The zero-order valence-electron chi connectivity index (χ0n) is 16.8. The molecule has 1 N–H and O–H groups in total. The smallest absolute Gasteiger partial charge is 0.225 e. The monoisotopic (exact) mass is 380 g/mol. The van der Waals surface area contributed by atoms with Gasteiger partial charge in [0.05, 0.1) is 11.3 Å². The summed E-state index contributed by atoms with van der Waals surface area (Å²) in [6.07, 6.45) is 9.35. The third-order valence-electron chi connectivity index (χ3n) is 6.95. The molecule has 150 valence electrons. The van der Waals surface area contributed by atoms with Gasteiger partial charge in [0.15, 0.2) is 0 Å². The lowest BCUT2D eigenvalue weighted by atomic mass is 9.84. The van der Waals surface area contributed by atoms with Crippen LogP contribution in [-0.4, -0.2) is 54.0 Å². The van der Waals surface area contributed by atoms with Gasteiger partial charge in [0.1, 0.15) is 6.07 Å².